The van der Waals surface area contributed by atoms with Crippen LogP contribution in [0.4, 0.5) is 5.69 Å². The largest absolute Gasteiger partial charge is 0.399 e. The second-order valence-electron chi connectivity index (χ2n) is 6.28. The van der Waals surface area contributed by atoms with Gasteiger partial charge in [0, 0.05) is 30.6 Å². The van der Waals surface area contributed by atoms with Crippen molar-refractivity contribution in [3.8, 4) is 11.3 Å². The van der Waals surface area contributed by atoms with Crippen LogP contribution in [0.2, 0.25) is 0 Å². The quantitative estimate of drug-likeness (QED) is 0.877. The lowest BCUT2D eigenvalue weighted by molar-refractivity contribution is -0.232. The predicted molar refractivity (Wildman–Crippen MR) is 82.0 cm³/mol. The average molecular weight is 300 g/mol. The van der Waals surface area contributed by atoms with Gasteiger partial charge in [0.1, 0.15) is 5.69 Å². The molecule has 0 radical (unpaired) electrons. The van der Waals surface area contributed by atoms with E-state index >= 15 is 0 Å². The summed E-state index contributed by atoms with van der Waals surface area (Å²) in [4.78, 5) is 0. The van der Waals surface area contributed by atoms with E-state index in [-0.39, 0.29) is 5.79 Å². The van der Waals surface area contributed by atoms with Gasteiger partial charge in [-0.2, -0.15) is 0 Å². The molecule has 1 saturated heterocycles. The lowest BCUT2D eigenvalue weighted by Crippen LogP contribution is -2.46. The number of rotatable bonds is 3. The number of benzene rings is 1. The fraction of sp³-hybridized carbons (Fsp3) is 0.500. The maximum atomic E-state index is 5.87. The minimum atomic E-state index is -0.293. The van der Waals surface area contributed by atoms with Crippen molar-refractivity contribution in [2.24, 2.45) is 5.92 Å². The van der Waals surface area contributed by atoms with Gasteiger partial charge in [-0.1, -0.05) is 11.3 Å². The molecule has 1 aliphatic carbocycles. The van der Waals surface area contributed by atoms with E-state index in [2.05, 4.69) is 17.2 Å². The zero-order chi connectivity index (χ0) is 15.2. The SMILES string of the molecule is Cc1ccc(N)cc1-c1cn(CC2CC3(C2)OCCO3)nn1. The number of nitrogen functional groups attached to an aromatic ring is 1. The topological polar surface area (TPSA) is 75.2 Å². The molecule has 2 fully saturated rings. The van der Waals surface area contributed by atoms with Crippen LogP contribution in [0.1, 0.15) is 18.4 Å². The number of anilines is 1. The summed E-state index contributed by atoms with van der Waals surface area (Å²) in [6.45, 7) is 4.34. The van der Waals surface area contributed by atoms with Gasteiger partial charge in [-0.15, -0.1) is 5.10 Å². The van der Waals surface area contributed by atoms with Crippen LogP contribution in [-0.2, 0) is 16.0 Å². The summed E-state index contributed by atoms with van der Waals surface area (Å²) >= 11 is 0. The minimum absolute atomic E-state index is 0.293. The number of nitrogens with two attached hydrogens (primary N) is 1. The Balaban J connectivity index is 1.45. The molecule has 1 aromatic heterocycles. The third-order valence-corrected chi connectivity index (χ3v) is 4.53. The summed E-state index contributed by atoms with van der Waals surface area (Å²) < 4.78 is 13.2. The van der Waals surface area contributed by atoms with Gasteiger partial charge in [-0.05, 0) is 30.5 Å². The summed E-state index contributed by atoms with van der Waals surface area (Å²) in [5.74, 6) is 0.244. The van der Waals surface area contributed by atoms with Gasteiger partial charge in [0.2, 0.25) is 0 Å². The normalized spacial score (nSPS) is 20.4. The van der Waals surface area contributed by atoms with Gasteiger partial charge >= 0.3 is 0 Å². The van der Waals surface area contributed by atoms with Crippen LogP contribution in [0.15, 0.2) is 24.4 Å². The Morgan fingerprint density at radius 3 is 2.86 bits per heavy atom. The molecule has 0 atom stereocenters. The molecule has 116 valence electrons. The number of aromatic nitrogens is 3. The van der Waals surface area contributed by atoms with Gasteiger partial charge in [0.15, 0.2) is 5.79 Å². The van der Waals surface area contributed by atoms with Crippen LogP contribution in [0.5, 0.6) is 0 Å². The van der Waals surface area contributed by atoms with Gasteiger partial charge < -0.3 is 15.2 Å². The predicted octanol–water partition coefficient (Wildman–Crippen LogP) is 1.99. The van der Waals surface area contributed by atoms with Gasteiger partial charge in [0.25, 0.3) is 0 Å². The fourth-order valence-corrected chi connectivity index (χ4v) is 3.37. The first kappa shape index (κ1) is 13.7. The zero-order valence-electron chi connectivity index (χ0n) is 12.7. The van der Waals surface area contributed by atoms with Crippen molar-refractivity contribution in [3.05, 3.63) is 30.0 Å². The van der Waals surface area contributed by atoms with Crippen LogP contribution < -0.4 is 5.73 Å². The third kappa shape index (κ3) is 2.38. The maximum Gasteiger partial charge on any atom is 0.169 e. The van der Waals surface area contributed by atoms with E-state index in [1.807, 2.05) is 29.1 Å². The van der Waals surface area contributed by atoms with Crippen LogP contribution in [0.3, 0.4) is 0 Å². The molecule has 0 bridgehead atoms. The Bertz CT molecular complexity index is 683. The summed E-state index contributed by atoms with van der Waals surface area (Å²) in [7, 11) is 0. The Morgan fingerprint density at radius 1 is 1.32 bits per heavy atom. The molecular formula is C16H20N4O2. The number of aryl methyl sites for hydroxylation is 1. The van der Waals surface area contributed by atoms with Crippen LogP contribution in [-0.4, -0.2) is 34.0 Å². The van der Waals surface area contributed by atoms with Crippen molar-refractivity contribution < 1.29 is 9.47 Å². The van der Waals surface area contributed by atoms with Gasteiger partial charge in [-0.25, -0.2) is 0 Å². The fourth-order valence-electron chi connectivity index (χ4n) is 3.37. The summed E-state index contributed by atoms with van der Waals surface area (Å²) in [6, 6.07) is 5.86. The van der Waals surface area contributed by atoms with Crippen molar-refractivity contribution in [1.82, 2.24) is 15.0 Å². The van der Waals surface area contributed by atoms with E-state index in [0.717, 1.165) is 55.1 Å². The van der Waals surface area contributed by atoms with E-state index < -0.39 is 0 Å². The number of hydrogen-bond donors (Lipinski definition) is 1. The molecule has 6 heteroatoms. The van der Waals surface area contributed by atoms with Crippen molar-refractivity contribution in [2.45, 2.75) is 32.1 Å². The molecule has 1 saturated carbocycles. The first-order chi connectivity index (χ1) is 10.6. The molecular weight excluding hydrogens is 280 g/mol. The molecule has 2 heterocycles. The molecule has 2 N–H and O–H groups in total. The maximum absolute atomic E-state index is 5.87. The van der Waals surface area contributed by atoms with Crippen molar-refractivity contribution >= 4 is 5.69 Å². The number of ether oxygens (including phenoxy) is 2. The highest BCUT2D eigenvalue weighted by Crippen LogP contribution is 2.44. The van der Waals surface area contributed by atoms with E-state index in [0.29, 0.717) is 5.92 Å². The van der Waals surface area contributed by atoms with E-state index in [1.165, 1.54) is 0 Å². The highest BCUT2D eigenvalue weighted by molar-refractivity contribution is 5.66. The Morgan fingerprint density at radius 2 is 2.09 bits per heavy atom. The van der Waals surface area contributed by atoms with Crippen molar-refractivity contribution in [1.29, 1.82) is 0 Å². The number of nitrogens with zero attached hydrogens (tertiary/aromatic N) is 3. The lowest BCUT2D eigenvalue weighted by Gasteiger charge is -2.42. The van der Waals surface area contributed by atoms with Crippen molar-refractivity contribution in [3.63, 3.8) is 0 Å². The van der Waals surface area contributed by atoms with E-state index in [4.69, 9.17) is 15.2 Å². The molecule has 4 rings (SSSR count). The molecule has 2 aromatic rings. The lowest BCUT2D eigenvalue weighted by atomic mass is 9.79. The molecule has 22 heavy (non-hydrogen) atoms. The molecule has 6 nitrogen and oxygen atoms in total. The first-order valence-corrected chi connectivity index (χ1v) is 7.68. The molecule has 1 aromatic carbocycles. The first-order valence-electron chi connectivity index (χ1n) is 7.68. The minimum Gasteiger partial charge on any atom is -0.399 e. The van der Waals surface area contributed by atoms with Gasteiger partial charge in [0.05, 0.1) is 19.4 Å². The molecule has 1 spiro atoms. The third-order valence-electron chi connectivity index (χ3n) is 4.53. The van der Waals surface area contributed by atoms with Crippen LogP contribution in [0, 0.1) is 12.8 Å². The second-order valence-corrected chi connectivity index (χ2v) is 6.28. The van der Waals surface area contributed by atoms with Crippen LogP contribution in [0.25, 0.3) is 11.3 Å². The smallest absolute Gasteiger partial charge is 0.169 e. The van der Waals surface area contributed by atoms with Crippen molar-refractivity contribution in [2.75, 3.05) is 18.9 Å². The van der Waals surface area contributed by atoms with Gasteiger partial charge in [-0.3, -0.25) is 4.68 Å². The summed E-state index contributed by atoms with van der Waals surface area (Å²) in [6.07, 6.45) is 3.88. The Hall–Kier alpha value is -1.92. The van der Waals surface area contributed by atoms with Crippen LogP contribution >= 0.6 is 0 Å². The van der Waals surface area contributed by atoms with E-state index in [1.54, 1.807) is 0 Å². The molecule has 0 unspecified atom stereocenters. The molecule has 0 amide bonds. The summed E-state index contributed by atoms with van der Waals surface area (Å²) in [5, 5.41) is 8.53. The highest BCUT2D eigenvalue weighted by atomic mass is 16.7. The second kappa shape index (κ2) is 5.07. The standard InChI is InChI=1S/C16H20N4O2/c1-11-2-3-13(17)6-14(11)15-10-20(19-18-15)9-12-7-16(8-12)21-4-5-22-16/h2-3,6,10,12H,4-5,7-9,17H2,1H3. The van der Waals surface area contributed by atoms with E-state index in [9.17, 15) is 0 Å². The Kier molecular flexibility index (Phi) is 3.16. The monoisotopic (exact) mass is 300 g/mol. The molecule has 1 aliphatic heterocycles. The average Bonchev–Trinajstić information content (AvgIpc) is 3.10. The zero-order valence-corrected chi connectivity index (χ0v) is 12.7. The summed E-state index contributed by atoms with van der Waals surface area (Å²) in [5.41, 5.74) is 9.67. The molecule has 2 aliphatic rings. The Labute approximate surface area is 129 Å². The highest BCUT2D eigenvalue weighted by Gasteiger charge is 2.49. The number of hydrogen-bond acceptors (Lipinski definition) is 5.